The number of amides is 1. The molecule has 0 aliphatic carbocycles. The van der Waals surface area contributed by atoms with Crippen LogP contribution in [0, 0.1) is 11.3 Å². The molecule has 0 aromatic heterocycles. The number of nitriles is 1. The van der Waals surface area contributed by atoms with E-state index >= 15 is 0 Å². The van der Waals surface area contributed by atoms with Gasteiger partial charge >= 0.3 is 0 Å². The number of hydrogen-bond acceptors (Lipinski definition) is 4. The Morgan fingerprint density at radius 2 is 1.87 bits per heavy atom. The van der Waals surface area contributed by atoms with Gasteiger partial charge in [0.15, 0.2) is 5.84 Å². The van der Waals surface area contributed by atoms with Gasteiger partial charge in [0.1, 0.15) is 0 Å². The van der Waals surface area contributed by atoms with Gasteiger partial charge in [-0.05, 0) is 25.1 Å². The van der Waals surface area contributed by atoms with Gasteiger partial charge < -0.3 is 15.1 Å². The Bertz CT molecular complexity index is 940. The molecule has 0 atom stereocenters. The predicted molar refractivity (Wildman–Crippen MR) is 121 cm³/mol. The summed E-state index contributed by atoms with van der Waals surface area (Å²) in [7, 11) is 0. The molecule has 0 unspecified atom stereocenters. The monoisotopic (exact) mass is 427 g/mol. The number of nitrogens with one attached hydrogen (secondary N) is 1. The fourth-order valence-electron chi connectivity index (χ4n) is 2.97. The van der Waals surface area contributed by atoms with E-state index < -0.39 is 5.92 Å². The van der Waals surface area contributed by atoms with E-state index in [4.69, 9.17) is 5.26 Å². The number of piperazine rings is 1. The zero-order valence-corrected chi connectivity index (χ0v) is 17.4. The van der Waals surface area contributed by atoms with Crippen molar-refractivity contribution in [2.45, 2.75) is 12.8 Å². The number of alkyl halides is 2. The lowest BCUT2D eigenvalue weighted by Gasteiger charge is -2.36. The normalized spacial score (nSPS) is 15.2. The van der Waals surface area contributed by atoms with Crippen LogP contribution < -0.4 is 5.32 Å². The van der Waals surface area contributed by atoms with Gasteiger partial charge in [0.2, 0.25) is 5.91 Å². The van der Waals surface area contributed by atoms with Crippen LogP contribution in [0.2, 0.25) is 0 Å². The van der Waals surface area contributed by atoms with Crippen molar-refractivity contribution in [3.63, 3.8) is 0 Å². The van der Waals surface area contributed by atoms with Crippen molar-refractivity contribution >= 4 is 17.4 Å². The molecule has 31 heavy (non-hydrogen) atoms. The first-order chi connectivity index (χ1) is 14.8. The van der Waals surface area contributed by atoms with Crippen LogP contribution in [-0.4, -0.2) is 47.7 Å². The minimum Gasteiger partial charge on any atom is -0.353 e. The van der Waals surface area contributed by atoms with Crippen LogP contribution in [0.15, 0.2) is 78.6 Å². The van der Waals surface area contributed by atoms with Gasteiger partial charge in [0.25, 0.3) is 5.92 Å². The molecule has 0 spiro atoms. The summed E-state index contributed by atoms with van der Waals surface area (Å²) >= 11 is 0. The van der Waals surface area contributed by atoms with Crippen LogP contribution in [0.3, 0.4) is 0 Å². The number of allylic oxidation sites excluding steroid dienone is 3. The molecule has 0 radical (unpaired) electrons. The minimum atomic E-state index is -3.09. The zero-order valence-electron chi connectivity index (χ0n) is 17.4. The third-order valence-electron chi connectivity index (χ3n) is 4.63. The molecule has 1 fully saturated rings. The van der Waals surface area contributed by atoms with Crippen LogP contribution in [0.5, 0.6) is 0 Å². The van der Waals surface area contributed by atoms with Crippen LogP contribution in [0.1, 0.15) is 13.9 Å². The molecular formula is C23H27F2N5O. The third-order valence-corrected chi connectivity index (χ3v) is 4.63. The fourth-order valence-corrected chi connectivity index (χ4v) is 2.97. The summed E-state index contributed by atoms with van der Waals surface area (Å²) in [6, 6.07) is 7.56. The van der Waals surface area contributed by atoms with Crippen LogP contribution in [0.25, 0.3) is 0 Å². The largest absolute Gasteiger partial charge is 0.353 e. The quantitative estimate of drug-likeness (QED) is 0.232. The molecule has 1 aliphatic rings. The first kappa shape index (κ1) is 23.5. The zero-order chi connectivity index (χ0) is 22.9. The van der Waals surface area contributed by atoms with Crippen molar-refractivity contribution in [1.82, 2.24) is 9.80 Å². The number of aliphatic imine (C=N–C) groups is 1. The summed E-state index contributed by atoms with van der Waals surface area (Å²) in [4.78, 5) is 20.1. The van der Waals surface area contributed by atoms with Gasteiger partial charge in [0, 0.05) is 57.2 Å². The number of anilines is 1. The molecule has 1 aliphatic heterocycles. The van der Waals surface area contributed by atoms with Crippen LogP contribution in [0.4, 0.5) is 14.5 Å². The molecule has 0 bridgehead atoms. The van der Waals surface area contributed by atoms with E-state index in [1.54, 1.807) is 29.3 Å². The Morgan fingerprint density at radius 1 is 1.26 bits per heavy atom. The Balaban J connectivity index is 0.00000512. The number of carbonyl (C=O) groups excluding carboxylic acids is 1. The maximum absolute atomic E-state index is 13.7. The fraction of sp³-hybridized carbons (Fsp3) is 0.261. The average molecular weight is 427 g/mol. The lowest BCUT2D eigenvalue weighted by atomic mass is 10.1. The first-order valence-electron chi connectivity index (χ1n) is 9.69. The van der Waals surface area contributed by atoms with Gasteiger partial charge in [-0.3, -0.25) is 4.79 Å². The Morgan fingerprint density at radius 3 is 2.42 bits per heavy atom. The average Bonchev–Trinajstić information content (AvgIpc) is 2.78. The number of benzene rings is 1. The summed E-state index contributed by atoms with van der Waals surface area (Å²) in [5.74, 6) is -2.70. The smallest absolute Gasteiger partial charge is 0.291 e. The number of rotatable bonds is 7. The summed E-state index contributed by atoms with van der Waals surface area (Å²) in [5.41, 5.74) is 0.954. The second-order valence-electron chi connectivity index (χ2n) is 6.72. The van der Waals surface area contributed by atoms with E-state index in [0.717, 1.165) is 6.08 Å². The Hall–Kier alpha value is -3.73. The summed E-state index contributed by atoms with van der Waals surface area (Å²) in [6.07, 6.45) is 6.45. The number of hydrogen-bond donors (Lipinski definition) is 1. The van der Waals surface area contributed by atoms with Crippen molar-refractivity contribution in [3.8, 4) is 6.07 Å². The number of carbonyl (C=O) groups is 1. The van der Waals surface area contributed by atoms with Crippen molar-refractivity contribution in [3.05, 3.63) is 79.2 Å². The lowest BCUT2D eigenvalue weighted by molar-refractivity contribution is -0.127. The predicted octanol–water partition coefficient (Wildman–Crippen LogP) is 4.29. The van der Waals surface area contributed by atoms with Gasteiger partial charge in [-0.15, -0.1) is 0 Å². The van der Waals surface area contributed by atoms with E-state index in [1.807, 2.05) is 17.9 Å². The number of halogens is 2. The van der Waals surface area contributed by atoms with Crippen LogP contribution >= 0.6 is 0 Å². The minimum absolute atomic E-state index is 0. The van der Waals surface area contributed by atoms with Crippen molar-refractivity contribution in [2.24, 2.45) is 4.99 Å². The molecular weight excluding hydrogens is 400 g/mol. The molecule has 6 nitrogen and oxygen atoms in total. The second kappa shape index (κ2) is 10.9. The van der Waals surface area contributed by atoms with E-state index in [1.165, 1.54) is 18.2 Å². The Kier molecular flexibility index (Phi) is 8.26. The summed E-state index contributed by atoms with van der Waals surface area (Å²) in [6.45, 7) is 11.1. The van der Waals surface area contributed by atoms with E-state index in [0.29, 0.717) is 49.5 Å². The molecule has 1 heterocycles. The van der Waals surface area contributed by atoms with E-state index in [2.05, 4.69) is 23.5 Å². The third kappa shape index (κ3) is 6.37. The second-order valence-corrected chi connectivity index (χ2v) is 6.72. The molecule has 1 N–H and O–H groups in total. The molecule has 1 saturated heterocycles. The molecule has 164 valence electrons. The Labute approximate surface area is 182 Å². The highest BCUT2D eigenvalue weighted by atomic mass is 19.3. The molecule has 1 aromatic carbocycles. The molecule has 1 amide bonds. The maximum atomic E-state index is 13.7. The van der Waals surface area contributed by atoms with Gasteiger partial charge in [-0.2, -0.15) is 14.0 Å². The molecule has 0 saturated carbocycles. The molecule has 2 rings (SSSR count). The topological polar surface area (TPSA) is 71.7 Å². The number of amidine groups is 1. The van der Waals surface area contributed by atoms with Gasteiger partial charge in [-0.1, -0.05) is 31.4 Å². The van der Waals surface area contributed by atoms with Crippen molar-refractivity contribution in [2.75, 3.05) is 31.5 Å². The lowest BCUT2D eigenvalue weighted by Crippen LogP contribution is -2.51. The summed E-state index contributed by atoms with van der Waals surface area (Å²) in [5, 5.41) is 11.7. The van der Waals surface area contributed by atoms with Crippen molar-refractivity contribution < 1.29 is 15.0 Å². The van der Waals surface area contributed by atoms with E-state index in [9.17, 15) is 13.6 Å². The summed E-state index contributed by atoms with van der Waals surface area (Å²) < 4.78 is 27.4. The SMILES string of the molecule is C=CC(F)(F)c1ccc(NC(=C)C(=N/C=C\C)N2CCN(C(=O)/C=C/C#N)CC2)cc1.[HH]. The molecule has 8 heteroatoms. The maximum Gasteiger partial charge on any atom is 0.291 e. The highest BCUT2D eigenvalue weighted by Gasteiger charge is 2.27. The van der Waals surface area contributed by atoms with E-state index in [-0.39, 0.29) is 12.9 Å². The highest BCUT2D eigenvalue weighted by Crippen LogP contribution is 2.29. The van der Waals surface area contributed by atoms with Gasteiger partial charge in [0.05, 0.1) is 11.8 Å². The van der Waals surface area contributed by atoms with Crippen LogP contribution in [-0.2, 0) is 10.7 Å². The van der Waals surface area contributed by atoms with Crippen molar-refractivity contribution in [1.29, 1.82) is 5.26 Å². The highest BCUT2D eigenvalue weighted by molar-refractivity contribution is 6.00. The first-order valence-corrected chi connectivity index (χ1v) is 9.69. The standard InChI is InChI=1S/C23H25F2N5O.H2/c1-4-13-27-22(30-16-14-29(15-17-30)21(31)7-6-12-26)18(3)28-20-10-8-19(9-11-20)23(24,25)5-2;/h4-11,13,28H,2-3,14-17H2,1H3;1H/b7-6+,13-4-,27-22?;. The molecule has 1 aromatic rings. The number of nitrogens with zero attached hydrogens (tertiary/aromatic N) is 4. The van der Waals surface area contributed by atoms with Gasteiger partial charge in [-0.25, -0.2) is 4.99 Å².